The lowest BCUT2D eigenvalue weighted by molar-refractivity contribution is -0.142. The lowest BCUT2D eigenvalue weighted by Gasteiger charge is -2.37. The molecule has 2 fully saturated rings. The van der Waals surface area contributed by atoms with Crippen molar-refractivity contribution >= 4 is 17.7 Å². The van der Waals surface area contributed by atoms with Crippen LogP contribution in [-0.4, -0.2) is 46.3 Å². The standard InChI is InChI=1S/C18H28N4O3/c1-3-25-16(23)14-12-20-22(15(14)19)13-6-10-21(11-7-13)17(24)18(2)8-4-5-9-18/h12-13H,3-11,19H2,1-2H3. The lowest BCUT2D eigenvalue weighted by atomic mass is 9.86. The summed E-state index contributed by atoms with van der Waals surface area (Å²) >= 11 is 0. The third kappa shape index (κ3) is 3.37. The fourth-order valence-corrected chi connectivity index (χ4v) is 4.09. The highest BCUT2D eigenvalue weighted by Gasteiger charge is 2.40. The first-order chi connectivity index (χ1) is 12.0. The number of ether oxygens (including phenoxy) is 1. The van der Waals surface area contributed by atoms with Gasteiger partial charge in [-0.25, -0.2) is 9.48 Å². The zero-order valence-corrected chi connectivity index (χ0v) is 15.2. The van der Waals surface area contributed by atoms with E-state index >= 15 is 0 Å². The largest absolute Gasteiger partial charge is 0.462 e. The van der Waals surface area contributed by atoms with Crippen LogP contribution >= 0.6 is 0 Å². The third-order valence-electron chi connectivity index (χ3n) is 5.65. The lowest BCUT2D eigenvalue weighted by Crippen LogP contribution is -2.45. The van der Waals surface area contributed by atoms with E-state index in [-0.39, 0.29) is 11.5 Å². The Morgan fingerprint density at radius 1 is 1.32 bits per heavy atom. The van der Waals surface area contributed by atoms with Crippen LogP contribution in [-0.2, 0) is 9.53 Å². The average molecular weight is 348 g/mol. The van der Waals surface area contributed by atoms with Crippen LogP contribution < -0.4 is 5.73 Å². The van der Waals surface area contributed by atoms with E-state index in [1.54, 1.807) is 11.6 Å². The number of rotatable bonds is 4. The first kappa shape index (κ1) is 17.8. The maximum Gasteiger partial charge on any atom is 0.343 e. The fraction of sp³-hybridized carbons (Fsp3) is 0.722. The van der Waals surface area contributed by atoms with Crippen LogP contribution in [0.15, 0.2) is 6.20 Å². The SMILES string of the molecule is CCOC(=O)c1cnn(C2CCN(C(=O)C3(C)CCCC3)CC2)c1N. The minimum absolute atomic E-state index is 0.114. The molecule has 0 radical (unpaired) electrons. The van der Waals surface area contributed by atoms with Gasteiger partial charge in [0.05, 0.1) is 18.8 Å². The number of piperidine rings is 1. The number of hydrogen-bond donors (Lipinski definition) is 1. The quantitative estimate of drug-likeness (QED) is 0.844. The number of likely N-dealkylation sites (tertiary alicyclic amines) is 1. The molecule has 1 aromatic heterocycles. The van der Waals surface area contributed by atoms with Crippen molar-refractivity contribution < 1.29 is 14.3 Å². The first-order valence-corrected chi connectivity index (χ1v) is 9.26. The normalized spacial score (nSPS) is 20.6. The van der Waals surface area contributed by atoms with Gasteiger partial charge in [0.2, 0.25) is 5.91 Å². The van der Waals surface area contributed by atoms with Crippen molar-refractivity contribution in [2.24, 2.45) is 5.41 Å². The van der Waals surface area contributed by atoms with Crippen molar-refractivity contribution in [3.63, 3.8) is 0 Å². The van der Waals surface area contributed by atoms with Gasteiger partial charge in [-0.15, -0.1) is 0 Å². The van der Waals surface area contributed by atoms with Crippen LogP contribution in [0.3, 0.4) is 0 Å². The van der Waals surface area contributed by atoms with Gasteiger partial charge in [-0.1, -0.05) is 19.8 Å². The molecule has 1 aromatic rings. The summed E-state index contributed by atoms with van der Waals surface area (Å²) in [6.45, 7) is 5.60. The maximum absolute atomic E-state index is 12.8. The minimum atomic E-state index is -0.437. The predicted molar refractivity (Wildman–Crippen MR) is 94.0 cm³/mol. The molecular weight excluding hydrogens is 320 g/mol. The van der Waals surface area contributed by atoms with E-state index in [0.717, 1.165) is 38.5 Å². The minimum Gasteiger partial charge on any atom is -0.462 e. The molecule has 2 heterocycles. The number of nitrogens with zero attached hydrogens (tertiary/aromatic N) is 3. The van der Waals surface area contributed by atoms with Gasteiger partial charge in [0.15, 0.2) is 0 Å². The van der Waals surface area contributed by atoms with Gasteiger partial charge in [-0.3, -0.25) is 4.79 Å². The molecule has 138 valence electrons. The summed E-state index contributed by atoms with van der Waals surface area (Å²) in [5, 5.41) is 4.29. The number of nitrogen functional groups attached to an aromatic ring is 1. The molecule has 7 nitrogen and oxygen atoms in total. The Morgan fingerprint density at radius 3 is 2.56 bits per heavy atom. The van der Waals surface area contributed by atoms with E-state index in [4.69, 9.17) is 10.5 Å². The zero-order chi connectivity index (χ0) is 18.0. The van der Waals surface area contributed by atoms with Crippen LogP contribution in [0, 0.1) is 5.41 Å². The second-order valence-corrected chi connectivity index (χ2v) is 7.40. The number of hydrogen-bond acceptors (Lipinski definition) is 5. The first-order valence-electron chi connectivity index (χ1n) is 9.26. The summed E-state index contributed by atoms with van der Waals surface area (Å²) in [7, 11) is 0. The summed E-state index contributed by atoms with van der Waals surface area (Å²) in [6, 6.07) is 0.114. The van der Waals surface area contributed by atoms with Gasteiger partial charge >= 0.3 is 5.97 Å². The summed E-state index contributed by atoms with van der Waals surface area (Å²) in [5.41, 5.74) is 6.25. The van der Waals surface area contributed by atoms with Crippen molar-refractivity contribution in [1.29, 1.82) is 0 Å². The fourth-order valence-electron chi connectivity index (χ4n) is 4.09. The van der Waals surface area contributed by atoms with E-state index in [0.29, 0.717) is 37.0 Å². The predicted octanol–water partition coefficient (Wildman–Crippen LogP) is 2.39. The number of nitrogens with two attached hydrogens (primary N) is 1. The number of anilines is 1. The second kappa shape index (κ2) is 7.06. The molecule has 2 N–H and O–H groups in total. The topological polar surface area (TPSA) is 90.5 Å². The van der Waals surface area contributed by atoms with E-state index in [2.05, 4.69) is 12.0 Å². The molecule has 0 bridgehead atoms. The van der Waals surface area contributed by atoms with Crippen molar-refractivity contribution in [3.8, 4) is 0 Å². The number of carbonyl (C=O) groups is 2. The number of esters is 1. The second-order valence-electron chi connectivity index (χ2n) is 7.40. The molecule has 0 spiro atoms. The van der Waals surface area contributed by atoms with Crippen LogP contribution in [0.1, 0.15) is 68.8 Å². The van der Waals surface area contributed by atoms with Crippen molar-refractivity contribution in [1.82, 2.24) is 14.7 Å². The molecule has 1 aliphatic heterocycles. The molecule has 1 saturated heterocycles. The van der Waals surface area contributed by atoms with Crippen LogP contribution in [0.4, 0.5) is 5.82 Å². The smallest absolute Gasteiger partial charge is 0.343 e. The summed E-state index contributed by atoms with van der Waals surface area (Å²) in [4.78, 5) is 26.7. The molecule has 1 saturated carbocycles. The molecule has 1 aliphatic carbocycles. The maximum atomic E-state index is 12.8. The van der Waals surface area contributed by atoms with Crippen molar-refractivity contribution in [2.75, 3.05) is 25.4 Å². The van der Waals surface area contributed by atoms with Gasteiger partial charge in [-0.05, 0) is 32.6 Å². The van der Waals surface area contributed by atoms with Crippen molar-refractivity contribution in [2.45, 2.75) is 58.4 Å². The number of carbonyl (C=O) groups excluding carboxylic acids is 2. The zero-order valence-electron chi connectivity index (χ0n) is 15.2. The molecule has 0 unspecified atom stereocenters. The Kier molecular flexibility index (Phi) is 5.01. The monoisotopic (exact) mass is 348 g/mol. The molecule has 0 aromatic carbocycles. The van der Waals surface area contributed by atoms with E-state index in [1.165, 1.54) is 6.20 Å². The molecule has 2 aliphatic rings. The van der Waals surface area contributed by atoms with E-state index in [1.807, 2.05) is 4.90 Å². The Hall–Kier alpha value is -2.05. The molecule has 3 rings (SSSR count). The van der Waals surface area contributed by atoms with Crippen LogP contribution in [0.2, 0.25) is 0 Å². The Labute approximate surface area is 148 Å². The highest BCUT2D eigenvalue weighted by Crippen LogP contribution is 2.40. The number of aromatic nitrogens is 2. The molecule has 7 heteroatoms. The molecule has 0 atom stereocenters. The molecular formula is C18H28N4O3. The van der Waals surface area contributed by atoms with E-state index < -0.39 is 5.97 Å². The average Bonchev–Trinajstić information content (AvgIpc) is 3.21. The number of amides is 1. The van der Waals surface area contributed by atoms with Crippen LogP contribution in [0.25, 0.3) is 0 Å². The van der Waals surface area contributed by atoms with Gasteiger partial charge in [0, 0.05) is 18.5 Å². The highest BCUT2D eigenvalue weighted by atomic mass is 16.5. The Morgan fingerprint density at radius 2 is 1.96 bits per heavy atom. The summed E-state index contributed by atoms with van der Waals surface area (Å²) in [6.07, 6.45) is 7.39. The van der Waals surface area contributed by atoms with Gasteiger partial charge < -0.3 is 15.4 Å². The van der Waals surface area contributed by atoms with E-state index in [9.17, 15) is 9.59 Å². The van der Waals surface area contributed by atoms with Gasteiger partial charge in [0.1, 0.15) is 11.4 Å². The Balaban J connectivity index is 1.63. The van der Waals surface area contributed by atoms with Crippen molar-refractivity contribution in [3.05, 3.63) is 11.8 Å². The van der Waals surface area contributed by atoms with Crippen LogP contribution in [0.5, 0.6) is 0 Å². The van der Waals surface area contributed by atoms with Gasteiger partial charge in [-0.2, -0.15) is 5.10 Å². The summed E-state index contributed by atoms with van der Waals surface area (Å²) < 4.78 is 6.71. The third-order valence-corrected chi connectivity index (χ3v) is 5.65. The molecule has 25 heavy (non-hydrogen) atoms. The highest BCUT2D eigenvalue weighted by molar-refractivity contribution is 5.94. The molecule has 1 amide bonds. The Bertz CT molecular complexity index is 641. The van der Waals surface area contributed by atoms with Gasteiger partial charge in [0.25, 0.3) is 0 Å². The summed E-state index contributed by atoms with van der Waals surface area (Å²) in [5.74, 6) is 0.211.